The number of aliphatic hydroxyl groups excluding tert-OH is 1. The molecule has 0 aromatic heterocycles. The Labute approximate surface area is 141 Å². The van der Waals surface area contributed by atoms with E-state index in [1.54, 1.807) is 6.07 Å². The fraction of sp³-hybridized carbons (Fsp3) is 0.588. The molecule has 1 fully saturated rings. The van der Waals surface area contributed by atoms with Crippen molar-refractivity contribution in [2.45, 2.75) is 39.2 Å². The van der Waals surface area contributed by atoms with Crippen molar-refractivity contribution in [3.8, 4) is 0 Å². The number of amides is 1. The number of nitrogens with zero attached hydrogens (tertiary/aromatic N) is 2. The molecule has 0 spiro atoms. The lowest BCUT2D eigenvalue weighted by Gasteiger charge is -2.30. The minimum atomic E-state index is -0.647. The number of nitro groups is 1. The van der Waals surface area contributed by atoms with Crippen LogP contribution in [0, 0.1) is 16.0 Å². The number of aliphatic hydroxyl groups is 1. The Kier molecular flexibility index (Phi) is 6.14. The van der Waals surface area contributed by atoms with Crippen LogP contribution >= 0.6 is 0 Å². The van der Waals surface area contributed by atoms with Crippen molar-refractivity contribution >= 4 is 17.3 Å². The highest BCUT2D eigenvalue weighted by Crippen LogP contribution is 2.28. The maximum absolute atomic E-state index is 12.5. The van der Waals surface area contributed by atoms with Gasteiger partial charge in [0.1, 0.15) is 0 Å². The zero-order chi connectivity index (χ0) is 17.7. The number of nitro benzene ring substituents is 1. The normalized spacial score (nSPS) is 16.1. The van der Waals surface area contributed by atoms with Crippen LogP contribution in [0.5, 0.6) is 0 Å². The number of hydrogen-bond donors (Lipinski definition) is 2. The second-order valence-corrected chi connectivity index (χ2v) is 6.53. The molecule has 0 bridgehead atoms. The number of anilines is 1. The van der Waals surface area contributed by atoms with Crippen molar-refractivity contribution in [2.24, 2.45) is 5.92 Å². The molecule has 0 aliphatic carbocycles. The third-order valence-corrected chi connectivity index (χ3v) is 4.37. The number of nitrogens with one attached hydrogen (secondary N) is 1. The molecule has 0 saturated carbocycles. The van der Waals surface area contributed by atoms with E-state index in [0.717, 1.165) is 38.0 Å². The van der Waals surface area contributed by atoms with E-state index in [1.807, 2.05) is 13.8 Å². The summed E-state index contributed by atoms with van der Waals surface area (Å²) >= 11 is 0. The van der Waals surface area contributed by atoms with Crippen molar-refractivity contribution in [3.05, 3.63) is 33.9 Å². The highest BCUT2D eigenvalue weighted by Gasteiger charge is 2.22. The summed E-state index contributed by atoms with van der Waals surface area (Å²) in [7, 11) is 0. The second-order valence-electron chi connectivity index (χ2n) is 6.53. The van der Waals surface area contributed by atoms with Crippen LogP contribution in [0.25, 0.3) is 0 Å². The summed E-state index contributed by atoms with van der Waals surface area (Å²) in [6.45, 7) is 5.53. The van der Waals surface area contributed by atoms with Crippen LogP contribution in [-0.2, 0) is 0 Å². The Bertz CT molecular complexity index is 597. The Morgan fingerprint density at radius 1 is 1.33 bits per heavy atom. The molecule has 2 rings (SSSR count). The third-order valence-electron chi connectivity index (χ3n) is 4.37. The maximum Gasteiger partial charge on any atom is 0.270 e. The van der Waals surface area contributed by atoms with Crippen molar-refractivity contribution in [1.82, 2.24) is 5.32 Å². The lowest BCUT2D eigenvalue weighted by Crippen LogP contribution is -2.36. The van der Waals surface area contributed by atoms with Gasteiger partial charge >= 0.3 is 0 Å². The minimum Gasteiger partial charge on any atom is -0.391 e. The first-order valence-electron chi connectivity index (χ1n) is 8.40. The first-order valence-corrected chi connectivity index (χ1v) is 8.40. The molecule has 1 amide bonds. The van der Waals surface area contributed by atoms with Gasteiger partial charge in [0, 0.05) is 31.8 Å². The molecule has 1 unspecified atom stereocenters. The molecular weight excluding hydrogens is 310 g/mol. The van der Waals surface area contributed by atoms with Gasteiger partial charge in [0.2, 0.25) is 0 Å². The fourth-order valence-corrected chi connectivity index (χ4v) is 2.76. The Hall–Kier alpha value is -2.15. The number of rotatable bonds is 6. The molecule has 7 nitrogen and oxygen atoms in total. The topological polar surface area (TPSA) is 95.7 Å². The molecule has 132 valence electrons. The molecule has 0 radical (unpaired) electrons. The largest absolute Gasteiger partial charge is 0.391 e. The van der Waals surface area contributed by atoms with Crippen LogP contribution in [0.3, 0.4) is 0 Å². The van der Waals surface area contributed by atoms with Crippen molar-refractivity contribution in [1.29, 1.82) is 0 Å². The number of carbonyl (C=O) groups excluding carboxylic acids is 1. The molecule has 1 aliphatic rings. The summed E-state index contributed by atoms with van der Waals surface area (Å²) in [6.07, 6.45) is 2.60. The monoisotopic (exact) mass is 335 g/mol. The number of benzene rings is 1. The molecule has 2 N–H and O–H groups in total. The molecule has 1 saturated heterocycles. The SMILES string of the molecule is CC(C)C(O)CNC(=O)c1cc([N+](=O)[O-])ccc1N1CCCCC1. The molecule has 1 aromatic rings. The maximum atomic E-state index is 12.5. The van der Waals surface area contributed by atoms with E-state index in [9.17, 15) is 20.0 Å². The number of carbonyl (C=O) groups is 1. The van der Waals surface area contributed by atoms with Gasteiger partial charge in [0.25, 0.3) is 11.6 Å². The van der Waals surface area contributed by atoms with E-state index in [0.29, 0.717) is 5.56 Å². The van der Waals surface area contributed by atoms with Crippen LogP contribution in [0.4, 0.5) is 11.4 Å². The predicted octanol–water partition coefficient (Wildman–Crippen LogP) is 2.33. The smallest absolute Gasteiger partial charge is 0.270 e. The summed E-state index contributed by atoms with van der Waals surface area (Å²) in [5.41, 5.74) is 0.907. The first-order chi connectivity index (χ1) is 11.4. The van der Waals surface area contributed by atoms with Crippen molar-refractivity contribution in [2.75, 3.05) is 24.5 Å². The van der Waals surface area contributed by atoms with E-state index in [4.69, 9.17) is 0 Å². The van der Waals surface area contributed by atoms with Crippen LogP contribution in [0.1, 0.15) is 43.5 Å². The van der Waals surface area contributed by atoms with Crippen LogP contribution < -0.4 is 10.2 Å². The van der Waals surface area contributed by atoms with Gasteiger partial charge < -0.3 is 15.3 Å². The first kappa shape index (κ1) is 18.2. The number of piperidine rings is 1. The van der Waals surface area contributed by atoms with Gasteiger partial charge in [-0.1, -0.05) is 13.8 Å². The zero-order valence-corrected chi connectivity index (χ0v) is 14.2. The van der Waals surface area contributed by atoms with E-state index >= 15 is 0 Å². The Morgan fingerprint density at radius 3 is 2.58 bits per heavy atom. The van der Waals surface area contributed by atoms with Gasteiger partial charge in [-0.3, -0.25) is 14.9 Å². The fourth-order valence-electron chi connectivity index (χ4n) is 2.76. The lowest BCUT2D eigenvalue weighted by molar-refractivity contribution is -0.384. The average molecular weight is 335 g/mol. The van der Waals surface area contributed by atoms with Crippen molar-refractivity contribution < 1.29 is 14.8 Å². The van der Waals surface area contributed by atoms with E-state index in [-0.39, 0.29) is 24.1 Å². The van der Waals surface area contributed by atoms with E-state index in [1.165, 1.54) is 12.1 Å². The van der Waals surface area contributed by atoms with Gasteiger partial charge in [0.15, 0.2) is 0 Å². The quantitative estimate of drug-likeness (QED) is 0.614. The summed E-state index contributed by atoms with van der Waals surface area (Å²) in [5.74, 6) is -0.365. The molecule has 1 atom stereocenters. The van der Waals surface area contributed by atoms with Gasteiger partial charge in [0.05, 0.1) is 22.3 Å². The molecular formula is C17H25N3O4. The Morgan fingerprint density at radius 2 is 2.00 bits per heavy atom. The highest BCUT2D eigenvalue weighted by atomic mass is 16.6. The molecule has 24 heavy (non-hydrogen) atoms. The van der Waals surface area contributed by atoms with E-state index in [2.05, 4.69) is 10.2 Å². The second kappa shape index (κ2) is 8.10. The average Bonchev–Trinajstić information content (AvgIpc) is 2.59. The van der Waals surface area contributed by atoms with Crippen molar-refractivity contribution in [3.63, 3.8) is 0 Å². The predicted molar refractivity (Wildman–Crippen MR) is 92.3 cm³/mol. The molecule has 7 heteroatoms. The van der Waals surface area contributed by atoms with Gasteiger partial charge in [-0.05, 0) is 31.2 Å². The summed E-state index contributed by atoms with van der Waals surface area (Å²) in [5, 5.41) is 23.6. The highest BCUT2D eigenvalue weighted by molar-refractivity contribution is 6.00. The summed E-state index contributed by atoms with van der Waals surface area (Å²) < 4.78 is 0. The number of non-ortho nitro benzene ring substituents is 1. The van der Waals surface area contributed by atoms with Gasteiger partial charge in [-0.25, -0.2) is 0 Å². The van der Waals surface area contributed by atoms with Gasteiger partial charge in [-0.15, -0.1) is 0 Å². The molecule has 1 heterocycles. The van der Waals surface area contributed by atoms with Gasteiger partial charge in [-0.2, -0.15) is 0 Å². The third kappa shape index (κ3) is 4.44. The zero-order valence-electron chi connectivity index (χ0n) is 14.2. The minimum absolute atomic E-state index is 0.0250. The van der Waals surface area contributed by atoms with Crippen LogP contribution in [-0.4, -0.2) is 41.7 Å². The molecule has 1 aliphatic heterocycles. The van der Waals surface area contributed by atoms with Crippen LogP contribution in [0.15, 0.2) is 18.2 Å². The van der Waals surface area contributed by atoms with Crippen LogP contribution in [0.2, 0.25) is 0 Å². The number of hydrogen-bond acceptors (Lipinski definition) is 5. The summed E-state index contributed by atoms with van der Waals surface area (Å²) in [6, 6.07) is 4.40. The summed E-state index contributed by atoms with van der Waals surface area (Å²) in [4.78, 5) is 25.2. The van der Waals surface area contributed by atoms with E-state index < -0.39 is 11.0 Å². The molecule has 1 aromatic carbocycles. The lowest BCUT2D eigenvalue weighted by atomic mass is 10.0. The Balaban J connectivity index is 2.24. The standard InChI is InChI=1S/C17H25N3O4/c1-12(2)16(21)11-18-17(22)14-10-13(20(23)24)6-7-15(14)19-8-4-3-5-9-19/h6-7,10,12,16,21H,3-5,8-9,11H2,1-2H3,(H,18,22).